The van der Waals surface area contributed by atoms with Crippen LogP contribution in [0.1, 0.15) is 5.56 Å². The van der Waals surface area contributed by atoms with Gasteiger partial charge in [-0.15, -0.1) is 0 Å². The van der Waals surface area contributed by atoms with Crippen LogP contribution in [0.5, 0.6) is 0 Å². The van der Waals surface area contributed by atoms with Gasteiger partial charge in [0.1, 0.15) is 16.7 Å². The molecule has 0 aromatic heterocycles. The minimum absolute atomic E-state index is 0.120. The Bertz CT molecular complexity index is 1260. The third kappa shape index (κ3) is 5.31. The van der Waals surface area contributed by atoms with Gasteiger partial charge in [-0.25, -0.2) is 0 Å². The number of nitriles is 1. The standard InChI is InChI=1S/C25H17BrClN3O2S/c26-17-8-6-16(7-9-17)14-22-24(32)30(20-12-10-18(27)11-13-20)25(33-22)21(15-28)23(31)29-19-4-2-1-3-5-19/h1-13,22H,14H2,(H,29,31)/b25-21-/t22-/m1/s1. The summed E-state index contributed by atoms with van der Waals surface area (Å²) in [6, 6.07) is 25.4. The highest BCUT2D eigenvalue weighted by atomic mass is 79.9. The summed E-state index contributed by atoms with van der Waals surface area (Å²) in [5.74, 6) is -0.761. The number of thioether (sulfide) groups is 1. The second-order valence-corrected chi connectivity index (χ2v) is 9.74. The number of anilines is 2. The predicted molar refractivity (Wildman–Crippen MR) is 136 cm³/mol. The molecule has 2 amide bonds. The second-order valence-electron chi connectivity index (χ2n) is 7.20. The molecular weight excluding hydrogens is 522 g/mol. The van der Waals surface area contributed by atoms with Gasteiger partial charge in [-0.1, -0.05) is 69.6 Å². The summed E-state index contributed by atoms with van der Waals surface area (Å²) < 4.78 is 0.948. The quantitative estimate of drug-likeness (QED) is 0.312. The lowest BCUT2D eigenvalue weighted by Crippen LogP contribution is -2.30. The summed E-state index contributed by atoms with van der Waals surface area (Å²) in [5.41, 5.74) is 1.97. The Hall–Kier alpha value is -3.05. The van der Waals surface area contributed by atoms with E-state index in [1.54, 1.807) is 48.5 Å². The minimum atomic E-state index is -0.567. The lowest BCUT2D eigenvalue weighted by molar-refractivity contribution is -0.117. The molecule has 0 unspecified atom stereocenters. The first-order chi connectivity index (χ1) is 16.0. The summed E-state index contributed by atoms with van der Waals surface area (Å²) in [6.45, 7) is 0. The molecule has 8 heteroatoms. The third-order valence-corrected chi connectivity index (χ3v) is 7.00. The molecule has 3 aromatic rings. The maximum Gasteiger partial charge on any atom is 0.269 e. The average Bonchev–Trinajstić information content (AvgIpc) is 3.12. The number of nitrogens with zero attached hydrogens (tertiary/aromatic N) is 2. The van der Waals surface area contributed by atoms with Crippen molar-refractivity contribution in [2.24, 2.45) is 0 Å². The molecule has 0 saturated carbocycles. The van der Waals surface area contributed by atoms with Crippen molar-refractivity contribution >= 4 is 62.5 Å². The van der Waals surface area contributed by atoms with E-state index >= 15 is 0 Å². The van der Waals surface area contributed by atoms with E-state index in [-0.39, 0.29) is 11.5 Å². The molecule has 164 valence electrons. The number of carbonyl (C=O) groups is 2. The zero-order valence-corrected chi connectivity index (χ0v) is 20.3. The van der Waals surface area contributed by atoms with E-state index in [9.17, 15) is 14.9 Å². The van der Waals surface area contributed by atoms with Crippen molar-refractivity contribution in [2.75, 3.05) is 10.2 Å². The topological polar surface area (TPSA) is 73.2 Å². The first-order valence-electron chi connectivity index (χ1n) is 9.97. The molecule has 0 radical (unpaired) electrons. The largest absolute Gasteiger partial charge is 0.321 e. The van der Waals surface area contributed by atoms with Crippen molar-refractivity contribution in [3.63, 3.8) is 0 Å². The average molecular weight is 539 g/mol. The Kier molecular flexibility index (Phi) is 7.19. The van der Waals surface area contributed by atoms with Gasteiger partial charge in [-0.05, 0) is 60.5 Å². The molecule has 4 rings (SSSR count). The monoisotopic (exact) mass is 537 g/mol. The highest BCUT2D eigenvalue weighted by Gasteiger charge is 2.40. The molecule has 1 aliphatic heterocycles. The number of rotatable bonds is 5. The highest BCUT2D eigenvalue weighted by molar-refractivity contribution is 9.10. The van der Waals surface area contributed by atoms with Gasteiger partial charge in [0.05, 0.1) is 5.25 Å². The van der Waals surface area contributed by atoms with E-state index in [1.807, 2.05) is 36.4 Å². The minimum Gasteiger partial charge on any atom is -0.321 e. The Morgan fingerprint density at radius 3 is 2.36 bits per heavy atom. The van der Waals surface area contributed by atoms with Crippen LogP contribution < -0.4 is 10.2 Å². The number of para-hydroxylation sites is 1. The Morgan fingerprint density at radius 1 is 1.06 bits per heavy atom. The van der Waals surface area contributed by atoms with Crippen molar-refractivity contribution in [2.45, 2.75) is 11.7 Å². The SMILES string of the molecule is N#C/C(C(=O)Nc1ccccc1)=C1/S[C@H](Cc2ccc(Br)cc2)C(=O)N1c1ccc(Cl)cc1. The molecule has 3 aromatic carbocycles. The van der Waals surface area contributed by atoms with E-state index in [4.69, 9.17) is 11.6 Å². The van der Waals surface area contributed by atoms with Gasteiger partial charge in [0.25, 0.3) is 5.91 Å². The molecule has 33 heavy (non-hydrogen) atoms. The Labute approximate surface area is 209 Å². The molecule has 1 heterocycles. The van der Waals surface area contributed by atoms with Crippen LogP contribution in [0, 0.1) is 11.3 Å². The zero-order valence-electron chi connectivity index (χ0n) is 17.2. The summed E-state index contributed by atoms with van der Waals surface area (Å²) >= 11 is 10.7. The summed E-state index contributed by atoms with van der Waals surface area (Å²) in [6.07, 6.45) is 0.462. The maximum absolute atomic E-state index is 13.5. The molecule has 5 nitrogen and oxygen atoms in total. The van der Waals surface area contributed by atoms with Gasteiger partial charge >= 0.3 is 0 Å². The Morgan fingerprint density at radius 2 is 1.73 bits per heavy atom. The van der Waals surface area contributed by atoms with E-state index < -0.39 is 11.2 Å². The van der Waals surface area contributed by atoms with Crippen LogP contribution in [0.15, 0.2) is 93.9 Å². The normalized spacial score (nSPS) is 16.9. The summed E-state index contributed by atoms with van der Waals surface area (Å²) in [4.78, 5) is 27.9. The molecule has 0 spiro atoms. The van der Waals surface area contributed by atoms with E-state index in [0.29, 0.717) is 27.8 Å². The van der Waals surface area contributed by atoms with Crippen LogP contribution in [0.25, 0.3) is 0 Å². The van der Waals surface area contributed by atoms with Crippen LogP contribution in [-0.4, -0.2) is 17.1 Å². The highest BCUT2D eigenvalue weighted by Crippen LogP contribution is 2.42. The number of halogens is 2. The van der Waals surface area contributed by atoms with Crippen molar-refractivity contribution in [1.29, 1.82) is 5.26 Å². The van der Waals surface area contributed by atoms with Gasteiger partial charge < -0.3 is 5.32 Å². The van der Waals surface area contributed by atoms with Crippen LogP contribution in [0.3, 0.4) is 0 Å². The van der Waals surface area contributed by atoms with Crippen molar-refractivity contribution in [1.82, 2.24) is 0 Å². The van der Waals surface area contributed by atoms with Crippen LogP contribution in [-0.2, 0) is 16.0 Å². The smallest absolute Gasteiger partial charge is 0.269 e. The van der Waals surface area contributed by atoms with Gasteiger partial charge in [0.2, 0.25) is 5.91 Å². The fourth-order valence-electron chi connectivity index (χ4n) is 3.36. The van der Waals surface area contributed by atoms with Crippen LogP contribution >= 0.6 is 39.3 Å². The Balaban J connectivity index is 1.72. The van der Waals surface area contributed by atoms with E-state index in [2.05, 4.69) is 21.2 Å². The number of hydrogen-bond acceptors (Lipinski definition) is 4. The van der Waals surface area contributed by atoms with Gasteiger partial charge in [-0.2, -0.15) is 5.26 Å². The third-order valence-electron chi connectivity index (χ3n) is 4.96. The number of amides is 2. The molecule has 1 atom stereocenters. The van der Waals surface area contributed by atoms with Crippen LogP contribution in [0.4, 0.5) is 11.4 Å². The van der Waals surface area contributed by atoms with Gasteiger partial charge in [0.15, 0.2) is 0 Å². The van der Waals surface area contributed by atoms with E-state index in [1.165, 1.54) is 16.7 Å². The molecule has 0 bridgehead atoms. The van der Waals surface area contributed by atoms with Crippen LogP contribution in [0.2, 0.25) is 5.02 Å². The zero-order chi connectivity index (χ0) is 23.4. The first-order valence-corrected chi connectivity index (χ1v) is 12.0. The van der Waals surface area contributed by atoms with E-state index in [0.717, 1.165) is 10.0 Å². The molecule has 1 fully saturated rings. The molecule has 0 aliphatic carbocycles. The lowest BCUT2D eigenvalue weighted by atomic mass is 10.1. The number of carbonyl (C=O) groups excluding carboxylic acids is 2. The summed E-state index contributed by atoms with van der Waals surface area (Å²) in [7, 11) is 0. The van der Waals surface area contributed by atoms with Gasteiger partial charge in [-0.3, -0.25) is 14.5 Å². The van der Waals surface area contributed by atoms with Crippen molar-refractivity contribution in [3.05, 3.63) is 105 Å². The van der Waals surface area contributed by atoms with Crippen molar-refractivity contribution < 1.29 is 9.59 Å². The van der Waals surface area contributed by atoms with Gasteiger partial charge in [0, 0.05) is 20.9 Å². The number of nitrogens with one attached hydrogen (secondary N) is 1. The predicted octanol–water partition coefficient (Wildman–Crippen LogP) is 6.17. The first kappa shape index (κ1) is 23.1. The number of hydrogen-bond donors (Lipinski definition) is 1. The summed E-state index contributed by atoms with van der Waals surface area (Å²) in [5, 5.41) is 13.0. The lowest BCUT2D eigenvalue weighted by Gasteiger charge is -2.19. The fourth-order valence-corrected chi connectivity index (χ4v) is 5.06. The van der Waals surface area contributed by atoms with Crippen molar-refractivity contribution in [3.8, 4) is 6.07 Å². The molecule has 1 saturated heterocycles. The molecular formula is C25H17BrClN3O2S. The molecule has 1 aliphatic rings. The second kappa shape index (κ2) is 10.3. The molecule has 1 N–H and O–H groups in total. The maximum atomic E-state index is 13.5. The number of benzene rings is 3. The fraction of sp³-hybridized carbons (Fsp3) is 0.0800.